The van der Waals surface area contributed by atoms with Gasteiger partial charge in [0.15, 0.2) is 0 Å². The summed E-state index contributed by atoms with van der Waals surface area (Å²) in [6.07, 6.45) is 5.61. The van der Waals surface area contributed by atoms with Crippen LogP contribution in [0.25, 0.3) is 5.69 Å². The van der Waals surface area contributed by atoms with E-state index in [0.29, 0.717) is 13.0 Å². The van der Waals surface area contributed by atoms with E-state index in [2.05, 4.69) is 15.4 Å². The van der Waals surface area contributed by atoms with Crippen molar-refractivity contribution in [1.82, 2.24) is 20.1 Å². The van der Waals surface area contributed by atoms with Crippen molar-refractivity contribution in [2.24, 2.45) is 0 Å². The highest BCUT2D eigenvalue weighted by atomic mass is 16.1. The first-order valence-electron chi connectivity index (χ1n) is 7.07. The van der Waals surface area contributed by atoms with E-state index in [1.54, 1.807) is 17.1 Å². The van der Waals surface area contributed by atoms with E-state index < -0.39 is 0 Å². The molecule has 0 unspecified atom stereocenters. The summed E-state index contributed by atoms with van der Waals surface area (Å²) in [4.78, 5) is 16.1. The van der Waals surface area contributed by atoms with Crippen LogP contribution in [-0.2, 0) is 17.8 Å². The third-order valence-electron chi connectivity index (χ3n) is 3.21. The Morgan fingerprint density at radius 3 is 2.68 bits per heavy atom. The molecule has 0 atom stereocenters. The Kier molecular flexibility index (Phi) is 4.25. The molecule has 5 heteroatoms. The molecule has 1 aromatic carbocycles. The Morgan fingerprint density at radius 1 is 1.09 bits per heavy atom. The van der Waals surface area contributed by atoms with Gasteiger partial charge in [-0.2, -0.15) is 5.10 Å². The standard InChI is InChI=1S/C17H16N4O/c22-17(19-12-15-6-4-5-9-18-15)10-14-11-20-21(13-14)16-7-2-1-3-8-16/h1-9,11,13H,10,12H2,(H,19,22). The third-order valence-corrected chi connectivity index (χ3v) is 3.21. The zero-order valence-electron chi connectivity index (χ0n) is 12.0. The lowest BCUT2D eigenvalue weighted by Crippen LogP contribution is -2.24. The molecule has 0 aliphatic heterocycles. The molecule has 110 valence electrons. The van der Waals surface area contributed by atoms with Crippen molar-refractivity contribution in [1.29, 1.82) is 0 Å². The van der Waals surface area contributed by atoms with Crippen LogP contribution >= 0.6 is 0 Å². The van der Waals surface area contributed by atoms with Crippen LogP contribution < -0.4 is 5.32 Å². The third kappa shape index (κ3) is 3.58. The molecule has 0 aliphatic carbocycles. The Morgan fingerprint density at radius 2 is 1.91 bits per heavy atom. The second-order valence-corrected chi connectivity index (χ2v) is 4.90. The molecule has 2 aromatic heterocycles. The largest absolute Gasteiger partial charge is 0.350 e. The summed E-state index contributed by atoms with van der Waals surface area (Å²) in [5, 5.41) is 7.14. The quantitative estimate of drug-likeness (QED) is 0.783. The summed E-state index contributed by atoms with van der Waals surface area (Å²) in [5.41, 5.74) is 2.70. The van der Waals surface area contributed by atoms with Gasteiger partial charge in [0.1, 0.15) is 0 Å². The predicted octanol–water partition coefficient (Wildman–Crippen LogP) is 2.13. The van der Waals surface area contributed by atoms with Gasteiger partial charge in [0.25, 0.3) is 0 Å². The summed E-state index contributed by atoms with van der Waals surface area (Å²) in [5.74, 6) is -0.0433. The van der Waals surface area contributed by atoms with Crippen LogP contribution in [0.3, 0.4) is 0 Å². The van der Waals surface area contributed by atoms with Crippen LogP contribution in [-0.4, -0.2) is 20.7 Å². The minimum atomic E-state index is -0.0433. The molecule has 0 bridgehead atoms. The van der Waals surface area contributed by atoms with Crippen LogP contribution in [0.15, 0.2) is 67.1 Å². The fourth-order valence-corrected chi connectivity index (χ4v) is 2.11. The molecular formula is C17H16N4O. The van der Waals surface area contributed by atoms with E-state index in [-0.39, 0.29) is 5.91 Å². The van der Waals surface area contributed by atoms with Crippen LogP contribution in [0.4, 0.5) is 0 Å². The van der Waals surface area contributed by atoms with Crippen LogP contribution in [0.2, 0.25) is 0 Å². The number of hydrogen-bond donors (Lipinski definition) is 1. The molecule has 2 heterocycles. The second kappa shape index (κ2) is 6.67. The highest BCUT2D eigenvalue weighted by Crippen LogP contribution is 2.08. The van der Waals surface area contributed by atoms with Crippen molar-refractivity contribution in [3.63, 3.8) is 0 Å². The minimum Gasteiger partial charge on any atom is -0.350 e. The molecule has 1 N–H and O–H groups in total. The lowest BCUT2D eigenvalue weighted by atomic mass is 10.2. The average Bonchev–Trinajstić information content (AvgIpc) is 3.03. The van der Waals surface area contributed by atoms with E-state index in [9.17, 15) is 4.79 Å². The Bertz CT molecular complexity index is 738. The maximum atomic E-state index is 12.0. The van der Waals surface area contributed by atoms with E-state index in [0.717, 1.165) is 16.9 Å². The number of para-hydroxylation sites is 1. The highest BCUT2D eigenvalue weighted by Gasteiger charge is 2.06. The smallest absolute Gasteiger partial charge is 0.224 e. The fraction of sp³-hybridized carbons (Fsp3) is 0.118. The van der Waals surface area contributed by atoms with Gasteiger partial charge in [0.05, 0.1) is 30.5 Å². The monoisotopic (exact) mass is 292 g/mol. The molecule has 3 aromatic rings. The van der Waals surface area contributed by atoms with E-state index in [4.69, 9.17) is 0 Å². The molecule has 0 saturated carbocycles. The number of amides is 1. The van der Waals surface area contributed by atoms with Crippen LogP contribution in [0.5, 0.6) is 0 Å². The summed E-state index contributed by atoms with van der Waals surface area (Å²) < 4.78 is 1.77. The average molecular weight is 292 g/mol. The first-order chi connectivity index (χ1) is 10.8. The highest BCUT2D eigenvalue weighted by molar-refractivity contribution is 5.78. The molecule has 0 radical (unpaired) electrons. The lowest BCUT2D eigenvalue weighted by molar-refractivity contribution is -0.120. The summed E-state index contributed by atoms with van der Waals surface area (Å²) >= 11 is 0. The minimum absolute atomic E-state index is 0.0433. The van der Waals surface area contributed by atoms with Crippen molar-refractivity contribution in [3.8, 4) is 5.69 Å². The molecular weight excluding hydrogens is 276 g/mol. The first kappa shape index (κ1) is 14.0. The molecule has 0 spiro atoms. The first-order valence-corrected chi connectivity index (χ1v) is 7.07. The van der Waals surface area contributed by atoms with Gasteiger partial charge in [-0.25, -0.2) is 4.68 Å². The maximum absolute atomic E-state index is 12.0. The predicted molar refractivity (Wildman–Crippen MR) is 83.4 cm³/mol. The topological polar surface area (TPSA) is 59.8 Å². The van der Waals surface area contributed by atoms with E-state index >= 15 is 0 Å². The maximum Gasteiger partial charge on any atom is 0.224 e. The number of benzene rings is 1. The summed E-state index contributed by atoms with van der Waals surface area (Å²) in [7, 11) is 0. The number of nitrogens with one attached hydrogen (secondary N) is 1. The van der Waals surface area contributed by atoms with Gasteiger partial charge in [0.2, 0.25) is 5.91 Å². The van der Waals surface area contributed by atoms with E-state index in [1.165, 1.54) is 0 Å². The van der Waals surface area contributed by atoms with Gasteiger partial charge < -0.3 is 5.32 Å². The number of hydrogen-bond acceptors (Lipinski definition) is 3. The number of nitrogens with zero attached hydrogens (tertiary/aromatic N) is 3. The van der Waals surface area contributed by atoms with Crippen molar-refractivity contribution in [3.05, 3.63) is 78.4 Å². The second-order valence-electron chi connectivity index (χ2n) is 4.90. The Labute approximate surface area is 128 Å². The zero-order chi connectivity index (χ0) is 15.2. The van der Waals surface area contributed by atoms with Crippen molar-refractivity contribution < 1.29 is 4.79 Å². The van der Waals surface area contributed by atoms with Gasteiger partial charge in [0, 0.05) is 12.4 Å². The Hall–Kier alpha value is -2.95. The van der Waals surface area contributed by atoms with Gasteiger partial charge in [-0.1, -0.05) is 24.3 Å². The van der Waals surface area contributed by atoms with Crippen molar-refractivity contribution in [2.45, 2.75) is 13.0 Å². The van der Waals surface area contributed by atoms with Gasteiger partial charge in [-0.3, -0.25) is 9.78 Å². The number of carbonyl (C=O) groups is 1. The lowest BCUT2D eigenvalue weighted by Gasteiger charge is -2.03. The molecule has 0 fully saturated rings. The SMILES string of the molecule is O=C(Cc1cnn(-c2ccccc2)c1)NCc1ccccn1. The Balaban J connectivity index is 1.57. The fourth-order valence-electron chi connectivity index (χ4n) is 2.11. The number of carbonyl (C=O) groups excluding carboxylic acids is 1. The molecule has 22 heavy (non-hydrogen) atoms. The molecule has 3 rings (SSSR count). The summed E-state index contributed by atoms with van der Waals surface area (Å²) in [6, 6.07) is 15.4. The molecule has 0 saturated heterocycles. The zero-order valence-corrected chi connectivity index (χ0v) is 12.0. The number of aromatic nitrogens is 3. The van der Waals surface area contributed by atoms with Gasteiger partial charge >= 0.3 is 0 Å². The van der Waals surface area contributed by atoms with Crippen molar-refractivity contribution >= 4 is 5.91 Å². The van der Waals surface area contributed by atoms with Crippen molar-refractivity contribution in [2.75, 3.05) is 0 Å². The molecule has 0 aliphatic rings. The van der Waals surface area contributed by atoms with E-state index in [1.807, 2.05) is 54.7 Å². The normalized spacial score (nSPS) is 10.4. The number of pyridine rings is 1. The van der Waals surface area contributed by atoms with Crippen LogP contribution in [0, 0.1) is 0 Å². The van der Waals surface area contributed by atoms with Crippen LogP contribution in [0.1, 0.15) is 11.3 Å². The molecule has 1 amide bonds. The number of rotatable bonds is 5. The van der Waals surface area contributed by atoms with Gasteiger partial charge in [-0.05, 0) is 29.8 Å². The summed E-state index contributed by atoms with van der Waals surface area (Å²) in [6.45, 7) is 0.437. The van der Waals surface area contributed by atoms with Gasteiger partial charge in [-0.15, -0.1) is 0 Å². The molecule has 5 nitrogen and oxygen atoms in total.